The van der Waals surface area contributed by atoms with Crippen LogP contribution in [0.3, 0.4) is 0 Å². The van der Waals surface area contributed by atoms with Gasteiger partial charge in [-0.2, -0.15) is 0 Å². The van der Waals surface area contributed by atoms with Crippen LogP contribution in [0.1, 0.15) is 38.8 Å². The molecule has 0 unspecified atom stereocenters. The molecule has 4 nitrogen and oxygen atoms in total. The van der Waals surface area contributed by atoms with E-state index in [0.29, 0.717) is 0 Å². The van der Waals surface area contributed by atoms with Crippen LogP contribution in [-0.2, 0) is 10.8 Å². The molecule has 1 N–H and O–H groups in total. The molecule has 4 heteroatoms. The molecule has 0 atom stereocenters. The number of fused-ring (bicyclic) bond motifs is 4. The molecule has 2 heterocycles. The molecule has 1 aliphatic carbocycles. The maximum Gasteiger partial charge on any atom is 0.163 e. The zero-order valence-electron chi connectivity index (χ0n) is 29.8. The molecular weight excluding hydrogens is 635 g/mol. The van der Waals surface area contributed by atoms with Gasteiger partial charge in [0.1, 0.15) is 11.4 Å². The van der Waals surface area contributed by atoms with Crippen molar-refractivity contribution < 1.29 is 5.11 Å². The fourth-order valence-corrected chi connectivity index (χ4v) is 8.08. The number of para-hydroxylation sites is 1. The molecule has 2 aromatic heterocycles. The van der Waals surface area contributed by atoms with Crippen LogP contribution in [0.5, 0.6) is 5.75 Å². The van der Waals surface area contributed by atoms with Gasteiger partial charge in [0.25, 0.3) is 0 Å². The second-order valence-electron chi connectivity index (χ2n) is 14.8. The minimum absolute atomic E-state index is 0.240. The van der Waals surface area contributed by atoms with Gasteiger partial charge < -0.3 is 5.11 Å². The molecule has 252 valence electrons. The molecule has 0 radical (unpaired) electrons. The Morgan fingerprint density at radius 3 is 1.79 bits per heavy atom. The van der Waals surface area contributed by atoms with Gasteiger partial charge in [-0.3, -0.25) is 4.57 Å². The minimum Gasteiger partial charge on any atom is -0.507 e. The van der Waals surface area contributed by atoms with Gasteiger partial charge in [-0.1, -0.05) is 167 Å². The van der Waals surface area contributed by atoms with Crippen molar-refractivity contribution in [1.29, 1.82) is 0 Å². The van der Waals surface area contributed by atoms with E-state index in [1.165, 1.54) is 0 Å². The average Bonchev–Trinajstić information content (AvgIpc) is 3.62. The first-order valence-corrected chi connectivity index (χ1v) is 17.9. The number of nitrogens with zero attached hydrogens (tertiary/aromatic N) is 3. The Kier molecular flexibility index (Phi) is 7.27. The highest BCUT2D eigenvalue weighted by molar-refractivity contribution is 5.96. The number of aromatic nitrogens is 3. The molecule has 1 aliphatic rings. The van der Waals surface area contributed by atoms with Crippen molar-refractivity contribution in [1.82, 2.24) is 14.5 Å². The number of imidazole rings is 1. The van der Waals surface area contributed by atoms with Crippen LogP contribution in [0.25, 0.3) is 72.7 Å². The number of benzene rings is 6. The van der Waals surface area contributed by atoms with Crippen molar-refractivity contribution in [2.75, 3.05) is 0 Å². The standard InChI is InChI=1S/C48H39N3O/c1-47(2)38-26-15-27-42(52)43(38)44-39(48(47,3)4)28-29-40(49-44)46-50-41(37-25-13-21-31-20-11-12-22-34(31)37)30-51(46)45-35(32-16-7-5-8-17-32)23-14-24-36(45)33-18-9-6-10-19-33/h5-30,52H,1-4H3. The van der Waals surface area contributed by atoms with E-state index in [1.807, 2.05) is 6.07 Å². The van der Waals surface area contributed by atoms with Crippen LogP contribution in [0, 0.1) is 0 Å². The second-order valence-corrected chi connectivity index (χ2v) is 14.8. The van der Waals surface area contributed by atoms with Crippen LogP contribution < -0.4 is 0 Å². The van der Waals surface area contributed by atoms with Gasteiger partial charge >= 0.3 is 0 Å². The highest BCUT2D eigenvalue weighted by Gasteiger charge is 2.47. The molecule has 0 saturated carbocycles. The number of phenols is 1. The fourth-order valence-electron chi connectivity index (χ4n) is 8.08. The Morgan fingerprint density at radius 2 is 1.08 bits per heavy atom. The summed E-state index contributed by atoms with van der Waals surface area (Å²) in [4.78, 5) is 10.9. The van der Waals surface area contributed by atoms with Crippen molar-refractivity contribution in [3.8, 4) is 67.7 Å². The number of phenolic OH excluding ortho intramolecular Hbond substituents is 1. The van der Waals surface area contributed by atoms with E-state index in [1.54, 1.807) is 6.07 Å². The molecule has 0 bridgehead atoms. The maximum atomic E-state index is 11.4. The molecule has 9 rings (SSSR count). The van der Waals surface area contributed by atoms with Crippen LogP contribution in [0.15, 0.2) is 158 Å². The van der Waals surface area contributed by atoms with Crippen molar-refractivity contribution >= 4 is 10.8 Å². The maximum absolute atomic E-state index is 11.4. The minimum atomic E-state index is -0.251. The molecule has 0 fully saturated rings. The highest BCUT2D eigenvalue weighted by Crippen LogP contribution is 2.55. The second kappa shape index (κ2) is 11.9. The van der Waals surface area contributed by atoms with Crippen LogP contribution in [-0.4, -0.2) is 19.6 Å². The lowest BCUT2D eigenvalue weighted by atomic mass is 9.56. The van der Waals surface area contributed by atoms with Gasteiger partial charge in [0.15, 0.2) is 5.82 Å². The zero-order chi connectivity index (χ0) is 35.6. The molecule has 0 aliphatic heterocycles. The Morgan fingerprint density at radius 1 is 0.500 bits per heavy atom. The summed E-state index contributed by atoms with van der Waals surface area (Å²) in [6.45, 7) is 9.08. The topological polar surface area (TPSA) is 50.9 Å². The first kappa shape index (κ1) is 31.7. The van der Waals surface area contributed by atoms with Crippen LogP contribution >= 0.6 is 0 Å². The first-order chi connectivity index (χ1) is 25.2. The molecule has 6 aromatic carbocycles. The van der Waals surface area contributed by atoms with E-state index in [-0.39, 0.29) is 16.6 Å². The van der Waals surface area contributed by atoms with Crippen molar-refractivity contribution in [3.63, 3.8) is 0 Å². The van der Waals surface area contributed by atoms with Crippen molar-refractivity contribution in [3.05, 3.63) is 169 Å². The summed E-state index contributed by atoms with van der Waals surface area (Å²) >= 11 is 0. The number of rotatable bonds is 5. The first-order valence-electron chi connectivity index (χ1n) is 17.9. The van der Waals surface area contributed by atoms with E-state index >= 15 is 0 Å². The number of pyridine rings is 1. The third-order valence-corrected chi connectivity index (χ3v) is 11.5. The van der Waals surface area contributed by atoms with E-state index < -0.39 is 0 Å². The molecule has 0 amide bonds. The third kappa shape index (κ3) is 4.82. The van der Waals surface area contributed by atoms with Gasteiger partial charge in [-0.15, -0.1) is 0 Å². The van der Waals surface area contributed by atoms with Crippen LogP contribution in [0.2, 0.25) is 0 Å². The monoisotopic (exact) mass is 673 g/mol. The lowest BCUT2D eigenvalue weighted by molar-refractivity contribution is 0.296. The normalized spacial score (nSPS) is 14.2. The SMILES string of the molecule is CC1(C)c2ccc(-c3nc(-c4cccc5ccccc45)cn3-c3c(-c4ccccc4)cccc3-c3ccccc3)nc2-c2c(O)cccc2C1(C)C. The predicted octanol–water partition coefficient (Wildman–Crippen LogP) is 12.0. The number of aromatic hydroxyl groups is 1. The van der Waals surface area contributed by atoms with Gasteiger partial charge in [-0.25, -0.2) is 9.97 Å². The summed E-state index contributed by atoms with van der Waals surface area (Å²) in [6.07, 6.45) is 2.17. The van der Waals surface area contributed by atoms with Gasteiger partial charge in [0, 0.05) is 33.9 Å². The summed E-state index contributed by atoms with van der Waals surface area (Å²) < 4.78 is 2.24. The van der Waals surface area contributed by atoms with E-state index in [9.17, 15) is 5.11 Å². The van der Waals surface area contributed by atoms with Gasteiger partial charge in [-0.05, 0) is 50.6 Å². The molecular formula is C48H39N3O. The van der Waals surface area contributed by atoms with Crippen LogP contribution in [0.4, 0.5) is 0 Å². The lowest BCUT2D eigenvalue weighted by Gasteiger charge is -2.47. The smallest absolute Gasteiger partial charge is 0.163 e. The number of hydrogen-bond donors (Lipinski definition) is 1. The van der Waals surface area contributed by atoms with E-state index in [0.717, 1.165) is 83.9 Å². The molecule has 0 saturated heterocycles. The van der Waals surface area contributed by atoms with Crippen molar-refractivity contribution in [2.24, 2.45) is 0 Å². The van der Waals surface area contributed by atoms with Gasteiger partial charge in [0.2, 0.25) is 0 Å². The Hall–Kier alpha value is -6.26. The van der Waals surface area contributed by atoms with E-state index in [2.05, 4.69) is 178 Å². The Bertz CT molecular complexity index is 2570. The quantitative estimate of drug-likeness (QED) is 0.198. The molecule has 0 spiro atoms. The fraction of sp³-hybridized carbons (Fsp3) is 0.125. The Labute approximate surface area is 304 Å². The molecule has 8 aromatic rings. The number of hydrogen-bond acceptors (Lipinski definition) is 3. The molecule has 52 heavy (non-hydrogen) atoms. The third-order valence-electron chi connectivity index (χ3n) is 11.5. The highest BCUT2D eigenvalue weighted by atomic mass is 16.3. The zero-order valence-corrected chi connectivity index (χ0v) is 29.8. The lowest BCUT2D eigenvalue weighted by Crippen LogP contribution is -2.43. The average molecular weight is 674 g/mol. The van der Waals surface area contributed by atoms with E-state index in [4.69, 9.17) is 9.97 Å². The summed E-state index contributed by atoms with van der Waals surface area (Å²) in [7, 11) is 0. The summed E-state index contributed by atoms with van der Waals surface area (Å²) in [5, 5.41) is 13.7. The van der Waals surface area contributed by atoms with Crippen molar-refractivity contribution in [2.45, 2.75) is 38.5 Å². The largest absolute Gasteiger partial charge is 0.507 e. The predicted molar refractivity (Wildman–Crippen MR) is 214 cm³/mol. The summed E-state index contributed by atoms with van der Waals surface area (Å²) in [5.41, 5.74) is 11.4. The Balaban J connectivity index is 1.37. The summed E-state index contributed by atoms with van der Waals surface area (Å²) in [6, 6.07) is 52.7. The summed E-state index contributed by atoms with van der Waals surface area (Å²) in [5.74, 6) is 0.971. The van der Waals surface area contributed by atoms with Gasteiger partial charge in [0.05, 0.1) is 17.1 Å².